The third-order valence-corrected chi connectivity index (χ3v) is 3.18. The zero-order valence-corrected chi connectivity index (χ0v) is 11.5. The van der Waals surface area contributed by atoms with Crippen LogP contribution in [-0.2, 0) is 14.3 Å². The molecule has 1 aliphatic rings. The van der Waals surface area contributed by atoms with Gasteiger partial charge in [-0.3, -0.25) is 14.5 Å². The van der Waals surface area contributed by atoms with Crippen molar-refractivity contribution in [2.75, 3.05) is 39.9 Å². The van der Waals surface area contributed by atoms with Crippen molar-refractivity contribution in [3.8, 4) is 0 Å². The predicted octanol–water partition coefficient (Wildman–Crippen LogP) is -0.621. The molecule has 0 aliphatic carbocycles. The summed E-state index contributed by atoms with van der Waals surface area (Å²) in [7, 11) is 1.65. The molecule has 0 aromatic rings. The maximum absolute atomic E-state index is 13.4. The molecule has 110 valence electrons. The van der Waals surface area contributed by atoms with E-state index in [1.54, 1.807) is 11.9 Å². The standard InChI is InChI=1S/C12H22FN3O3/c1-3-19-8-12(18)15(2)6-10-4-9(13)5-16(10)7-11(14)17/h9-10H,3-8H2,1-2H3,(H2,14,17)/t9-,10-/m0/s1. The van der Waals surface area contributed by atoms with Gasteiger partial charge in [-0.1, -0.05) is 0 Å². The number of nitrogens with zero attached hydrogens (tertiary/aromatic N) is 2. The summed E-state index contributed by atoms with van der Waals surface area (Å²) in [6.45, 7) is 2.91. The summed E-state index contributed by atoms with van der Waals surface area (Å²) in [5.41, 5.74) is 5.13. The second-order valence-corrected chi connectivity index (χ2v) is 4.79. The Balaban J connectivity index is 2.48. The fourth-order valence-corrected chi connectivity index (χ4v) is 2.22. The van der Waals surface area contributed by atoms with Crippen LogP contribution in [0.4, 0.5) is 4.39 Å². The topological polar surface area (TPSA) is 75.9 Å². The van der Waals surface area contributed by atoms with Crippen molar-refractivity contribution in [3.63, 3.8) is 0 Å². The Hall–Kier alpha value is -1.21. The fourth-order valence-electron chi connectivity index (χ4n) is 2.22. The average molecular weight is 275 g/mol. The van der Waals surface area contributed by atoms with Crippen molar-refractivity contribution in [2.45, 2.75) is 25.6 Å². The number of carbonyl (C=O) groups excluding carboxylic acids is 2. The highest BCUT2D eigenvalue weighted by molar-refractivity contribution is 5.77. The van der Waals surface area contributed by atoms with E-state index in [-0.39, 0.29) is 31.6 Å². The monoisotopic (exact) mass is 275 g/mol. The summed E-state index contributed by atoms with van der Waals surface area (Å²) in [5, 5.41) is 0. The Kier molecular flexibility index (Phi) is 6.17. The Labute approximate surface area is 112 Å². The fraction of sp³-hybridized carbons (Fsp3) is 0.833. The summed E-state index contributed by atoms with van der Waals surface area (Å²) in [6.07, 6.45) is -0.653. The van der Waals surface area contributed by atoms with E-state index in [9.17, 15) is 14.0 Å². The van der Waals surface area contributed by atoms with Gasteiger partial charge in [-0.2, -0.15) is 0 Å². The number of hydrogen-bond acceptors (Lipinski definition) is 4. The third-order valence-electron chi connectivity index (χ3n) is 3.18. The summed E-state index contributed by atoms with van der Waals surface area (Å²) in [6, 6.07) is -0.168. The molecule has 19 heavy (non-hydrogen) atoms. The first-order valence-corrected chi connectivity index (χ1v) is 6.42. The molecule has 6 nitrogen and oxygen atoms in total. The van der Waals surface area contributed by atoms with Crippen molar-refractivity contribution in [1.82, 2.24) is 9.80 Å². The molecule has 0 bridgehead atoms. The molecule has 1 saturated heterocycles. The SMILES string of the molecule is CCOCC(=O)N(C)C[C@@H]1C[C@H](F)CN1CC(N)=O. The Morgan fingerprint density at radius 1 is 1.53 bits per heavy atom. The summed E-state index contributed by atoms with van der Waals surface area (Å²) in [5.74, 6) is -0.634. The van der Waals surface area contributed by atoms with Crippen LogP contribution in [0.5, 0.6) is 0 Å². The second kappa shape index (κ2) is 7.40. The molecular weight excluding hydrogens is 253 g/mol. The van der Waals surface area contributed by atoms with Gasteiger partial charge < -0.3 is 15.4 Å². The molecule has 2 amide bonds. The van der Waals surface area contributed by atoms with Crippen molar-refractivity contribution < 1.29 is 18.7 Å². The van der Waals surface area contributed by atoms with Crippen LogP contribution in [0, 0.1) is 0 Å². The Morgan fingerprint density at radius 2 is 2.21 bits per heavy atom. The molecule has 0 radical (unpaired) electrons. The third kappa shape index (κ3) is 5.12. The van der Waals surface area contributed by atoms with Gasteiger partial charge in [-0.05, 0) is 13.3 Å². The van der Waals surface area contributed by atoms with Crippen molar-refractivity contribution in [3.05, 3.63) is 0 Å². The number of carbonyl (C=O) groups is 2. The molecule has 1 rings (SSSR count). The summed E-state index contributed by atoms with van der Waals surface area (Å²) in [4.78, 5) is 25.8. The van der Waals surface area contributed by atoms with E-state index in [2.05, 4.69) is 0 Å². The maximum atomic E-state index is 13.4. The van der Waals surface area contributed by atoms with E-state index in [0.29, 0.717) is 19.6 Å². The number of halogens is 1. The van der Waals surface area contributed by atoms with Crippen LogP contribution in [0.1, 0.15) is 13.3 Å². The number of rotatable bonds is 7. The van der Waals surface area contributed by atoms with E-state index in [1.807, 2.05) is 6.92 Å². The van der Waals surface area contributed by atoms with Gasteiger partial charge in [-0.25, -0.2) is 4.39 Å². The highest BCUT2D eigenvalue weighted by Crippen LogP contribution is 2.20. The number of amides is 2. The van der Waals surface area contributed by atoms with Gasteiger partial charge in [0.2, 0.25) is 11.8 Å². The lowest BCUT2D eigenvalue weighted by Crippen LogP contribution is -2.45. The lowest BCUT2D eigenvalue weighted by molar-refractivity contribution is -0.135. The first kappa shape index (κ1) is 15.8. The normalized spacial score (nSPS) is 23.5. The highest BCUT2D eigenvalue weighted by atomic mass is 19.1. The molecule has 1 heterocycles. The molecule has 7 heteroatoms. The van der Waals surface area contributed by atoms with Crippen molar-refractivity contribution in [1.29, 1.82) is 0 Å². The second-order valence-electron chi connectivity index (χ2n) is 4.79. The lowest BCUT2D eigenvalue weighted by atomic mass is 10.2. The number of primary amides is 1. The Bertz CT molecular complexity index is 327. The van der Waals surface area contributed by atoms with Crippen LogP contribution in [0.3, 0.4) is 0 Å². The van der Waals surface area contributed by atoms with Crippen LogP contribution >= 0.6 is 0 Å². The summed E-state index contributed by atoms with van der Waals surface area (Å²) < 4.78 is 18.4. The lowest BCUT2D eigenvalue weighted by Gasteiger charge is -2.27. The highest BCUT2D eigenvalue weighted by Gasteiger charge is 2.34. The van der Waals surface area contributed by atoms with Crippen LogP contribution in [0.2, 0.25) is 0 Å². The Morgan fingerprint density at radius 3 is 2.79 bits per heavy atom. The number of nitrogens with two attached hydrogens (primary N) is 1. The zero-order chi connectivity index (χ0) is 14.4. The number of alkyl halides is 1. The van der Waals surface area contributed by atoms with Gasteiger partial charge in [0.15, 0.2) is 0 Å². The number of hydrogen-bond donors (Lipinski definition) is 1. The maximum Gasteiger partial charge on any atom is 0.248 e. The minimum absolute atomic E-state index is 0.0224. The van der Waals surface area contributed by atoms with E-state index in [1.165, 1.54) is 4.90 Å². The first-order valence-electron chi connectivity index (χ1n) is 6.42. The number of likely N-dealkylation sites (tertiary alicyclic amines) is 1. The van der Waals surface area contributed by atoms with Crippen LogP contribution in [0.15, 0.2) is 0 Å². The van der Waals surface area contributed by atoms with Gasteiger partial charge in [0.05, 0.1) is 6.54 Å². The molecule has 0 spiro atoms. The minimum Gasteiger partial charge on any atom is -0.372 e. The smallest absolute Gasteiger partial charge is 0.248 e. The molecule has 1 fully saturated rings. The molecule has 0 aromatic carbocycles. The van der Waals surface area contributed by atoms with Crippen molar-refractivity contribution in [2.24, 2.45) is 5.73 Å². The molecule has 0 aromatic heterocycles. The average Bonchev–Trinajstić information content (AvgIpc) is 2.65. The van der Waals surface area contributed by atoms with E-state index in [4.69, 9.17) is 10.5 Å². The van der Waals surface area contributed by atoms with Crippen molar-refractivity contribution >= 4 is 11.8 Å². The van der Waals surface area contributed by atoms with Crippen LogP contribution in [0.25, 0.3) is 0 Å². The quantitative estimate of drug-likeness (QED) is 0.672. The molecule has 2 atom stereocenters. The van der Waals surface area contributed by atoms with E-state index >= 15 is 0 Å². The number of ether oxygens (including phenoxy) is 1. The predicted molar refractivity (Wildman–Crippen MR) is 68.2 cm³/mol. The van der Waals surface area contributed by atoms with E-state index in [0.717, 1.165) is 0 Å². The molecule has 1 aliphatic heterocycles. The minimum atomic E-state index is -0.972. The van der Waals surface area contributed by atoms with E-state index < -0.39 is 12.1 Å². The molecular formula is C12H22FN3O3. The van der Waals surface area contributed by atoms with Crippen LogP contribution < -0.4 is 5.73 Å². The summed E-state index contributed by atoms with van der Waals surface area (Å²) >= 11 is 0. The first-order chi connectivity index (χ1) is 8.93. The molecule has 0 saturated carbocycles. The van der Waals surface area contributed by atoms with Gasteiger partial charge in [0, 0.05) is 32.8 Å². The van der Waals surface area contributed by atoms with Gasteiger partial charge >= 0.3 is 0 Å². The van der Waals surface area contributed by atoms with Gasteiger partial charge in [0.1, 0.15) is 12.8 Å². The zero-order valence-electron chi connectivity index (χ0n) is 11.5. The largest absolute Gasteiger partial charge is 0.372 e. The number of likely N-dealkylation sites (N-methyl/N-ethyl adjacent to an activating group) is 1. The van der Waals surface area contributed by atoms with Crippen LogP contribution in [-0.4, -0.2) is 73.7 Å². The van der Waals surface area contributed by atoms with Gasteiger partial charge in [-0.15, -0.1) is 0 Å². The molecule has 0 unspecified atom stereocenters. The van der Waals surface area contributed by atoms with Gasteiger partial charge in [0.25, 0.3) is 0 Å². The molecule has 2 N–H and O–H groups in total.